The average Bonchev–Trinajstić information content (AvgIpc) is 2.27. The van der Waals surface area contributed by atoms with E-state index < -0.39 is 0 Å². The van der Waals surface area contributed by atoms with Crippen LogP contribution in [0.3, 0.4) is 0 Å². The van der Waals surface area contributed by atoms with Crippen molar-refractivity contribution in [2.45, 2.75) is 12.6 Å². The molecule has 0 bridgehead atoms. The zero-order chi connectivity index (χ0) is 11.0. The fourth-order valence-electron chi connectivity index (χ4n) is 2.34. The Bertz CT molecular complexity index is 498. The largest absolute Gasteiger partial charge is 0.390 e. The zero-order valence-corrected chi connectivity index (χ0v) is 9.13. The molecule has 0 aromatic heterocycles. The highest BCUT2D eigenvalue weighted by Gasteiger charge is 2.24. The molecule has 2 nitrogen and oxygen atoms in total. The van der Waals surface area contributed by atoms with Gasteiger partial charge in [0, 0.05) is 19.6 Å². The molecule has 2 aromatic carbocycles. The molecule has 0 unspecified atom stereocenters. The Hall–Kier alpha value is -1.38. The zero-order valence-electron chi connectivity index (χ0n) is 9.13. The normalized spacial score (nSPS) is 17.6. The molecule has 0 atom stereocenters. The van der Waals surface area contributed by atoms with E-state index in [0.29, 0.717) is 0 Å². The molecule has 2 aromatic rings. The molecule has 0 amide bonds. The summed E-state index contributed by atoms with van der Waals surface area (Å²) in [6.07, 6.45) is -0.116. The van der Waals surface area contributed by atoms with Gasteiger partial charge in [-0.2, -0.15) is 0 Å². The van der Waals surface area contributed by atoms with Crippen molar-refractivity contribution >= 4 is 10.8 Å². The minimum atomic E-state index is -0.116. The first-order valence-corrected chi connectivity index (χ1v) is 5.70. The molecule has 1 heterocycles. The van der Waals surface area contributed by atoms with Gasteiger partial charge in [0.2, 0.25) is 0 Å². The maximum atomic E-state index is 9.27. The number of likely N-dealkylation sites (tertiary alicyclic amines) is 1. The summed E-state index contributed by atoms with van der Waals surface area (Å²) in [5, 5.41) is 11.9. The first-order chi connectivity index (χ1) is 7.83. The Morgan fingerprint density at radius 3 is 2.62 bits per heavy atom. The second kappa shape index (κ2) is 3.89. The molecule has 3 rings (SSSR count). The number of aliphatic hydroxyl groups excluding tert-OH is 1. The fourth-order valence-corrected chi connectivity index (χ4v) is 2.34. The third-order valence-electron chi connectivity index (χ3n) is 3.21. The Morgan fingerprint density at radius 1 is 1.06 bits per heavy atom. The first-order valence-electron chi connectivity index (χ1n) is 5.70. The highest BCUT2D eigenvalue weighted by molar-refractivity contribution is 5.85. The van der Waals surface area contributed by atoms with Gasteiger partial charge >= 0.3 is 0 Å². The van der Waals surface area contributed by atoms with E-state index in [1.165, 1.54) is 16.3 Å². The molecule has 0 saturated carbocycles. The van der Waals surface area contributed by atoms with Gasteiger partial charge in [0.1, 0.15) is 0 Å². The summed E-state index contributed by atoms with van der Waals surface area (Å²) in [6, 6.07) is 14.9. The summed E-state index contributed by atoms with van der Waals surface area (Å²) >= 11 is 0. The molecule has 1 saturated heterocycles. The molecule has 0 radical (unpaired) electrons. The first kappa shape index (κ1) is 9.82. The van der Waals surface area contributed by atoms with Crippen molar-refractivity contribution in [1.82, 2.24) is 4.90 Å². The second-order valence-electron chi connectivity index (χ2n) is 4.49. The van der Waals surface area contributed by atoms with Gasteiger partial charge in [-0.1, -0.05) is 42.5 Å². The van der Waals surface area contributed by atoms with Crippen molar-refractivity contribution in [1.29, 1.82) is 0 Å². The highest BCUT2D eigenvalue weighted by atomic mass is 16.3. The molecular weight excluding hydrogens is 198 g/mol. The number of fused-ring (bicyclic) bond motifs is 1. The van der Waals surface area contributed by atoms with Crippen LogP contribution in [0.25, 0.3) is 10.8 Å². The van der Waals surface area contributed by atoms with Crippen LogP contribution < -0.4 is 0 Å². The molecular formula is C14H15NO. The minimum Gasteiger partial charge on any atom is -0.390 e. The monoisotopic (exact) mass is 213 g/mol. The maximum absolute atomic E-state index is 9.27. The van der Waals surface area contributed by atoms with Crippen LogP contribution in [0.1, 0.15) is 5.56 Å². The van der Waals surface area contributed by atoms with E-state index in [9.17, 15) is 5.11 Å². The van der Waals surface area contributed by atoms with Crippen molar-refractivity contribution < 1.29 is 5.11 Å². The van der Waals surface area contributed by atoms with Gasteiger partial charge in [-0.3, -0.25) is 4.90 Å². The summed E-state index contributed by atoms with van der Waals surface area (Å²) in [6.45, 7) is 2.56. The Morgan fingerprint density at radius 2 is 1.81 bits per heavy atom. The summed E-state index contributed by atoms with van der Waals surface area (Å²) in [4.78, 5) is 2.27. The van der Waals surface area contributed by atoms with Crippen molar-refractivity contribution in [3.63, 3.8) is 0 Å². The van der Waals surface area contributed by atoms with Gasteiger partial charge in [0.15, 0.2) is 0 Å². The van der Waals surface area contributed by atoms with Gasteiger partial charge < -0.3 is 5.11 Å². The number of nitrogens with zero attached hydrogens (tertiary/aromatic N) is 1. The molecule has 1 aliphatic heterocycles. The quantitative estimate of drug-likeness (QED) is 0.825. The predicted octanol–water partition coefficient (Wildman–Crippen LogP) is 2.02. The molecule has 1 fully saturated rings. The highest BCUT2D eigenvalue weighted by Crippen LogP contribution is 2.21. The summed E-state index contributed by atoms with van der Waals surface area (Å²) in [5.41, 5.74) is 1.35. The number of β-amino-alcohol motifs (C(OH)–C–C–N with tert-alkyl or cyclic N) is 1. The van der Waals surface area contributed by atoms with Crippen LogP contribution in [0.5, 0.6) is 0 Å². The standard InChI is InChI=1S/C14H15NO/c16-13-9-15(10-13)8-12-6-3-5-11-4-1-2-7-14(11)12/h1-7,13,16H,8-10H2. The molecule has 2 heteroatoms. The smallest absolute Gasteiger partial charge is 0.0794 e. The van der Waals surface area contributed by atoms with Gasteiger partial charge in [-0.25, -0.2) is 0 Å². The lowest BCUT2D eigenvalue weighted by Crippen LogP contribution is -2.49. The SMILES string of the molecule is OC1CN(Cc2cccc3ccccc23)C1. The topological polar surface area (TPSA) is 23.5 Å². The Kier molecular flexibility index (Phi) is 2.39. The summed E-state index contributed by atoms with van der Waals surface area (Å²) in [5.74, 6) is 0. The van der Waals surface area contributed by atoms with Crippen LogP contribution in [-0.4, -0.2) is 29.2 Å². The van der Waals surface area contributed by atoms with Crippen molar-refractivity contribution in [2.75, 3.05) is 13.1 Å². The van der Waals surface area contributed by atoms with Crippen LogP contribution in [0.2, 0.25) is 0 Å². The Balaban J connectivity index is 1.91. The molecule has 82 valence electrons. The molecule has 0 spiro atoms. The lowest BCUT2D eigenvalue weighted by Gasteiger charge is -2.36. The minimum absolute atomic E-state index is 0.116. The van der Waals surface area contributed by atoms with Gasteiger partial charge in [-0.05, 0) is 16.3 Å². The van der Waals surface area contributed by atoms with Gasteiger partial charge in [0.05, 0.1) is 6.10 Å². The number of benzene rings is 2. The Labute approximate surface area is 95.1 Å². The maximum Gasteiger partial charge on any atom is 0.0794 e. The third kappa shape index (κ3) is 1.70. The van der Waals surface area contributed by atoms with E-state index in [4.69, 9.17) is 0 Å². The molecule has 0 aliphatic carbocycles. The summed E-state index contributed by atoms with van der Waals surface area (Å²) in [7, 11) is 0. The average molecular weight is 213 g/mol. The van der Waals surface area contributed by atoms with E-state index in [-0.39, 0.29) is 6.10 Å². The van der Waals surface area contributed by atoms with E-state index in [1.54, 1.807) is 0 Å². The van der Waals surface area contributed by atoms with Crippen LogP contribution in [0, 0.1) is 0 Å². The van der Waals surface area contributed by atoms with E-state index in [1.807, 2.05) is 0 Å². The van der Waals surface area contributed by atoms with Gasteiger partial charge in [0.25, 0.3) is 0 Å². The van der Waals surface area contributed by atoms with Crippen molar-refractivity contribution in [3.8, 4) is 0 Å². The summed E-state index contributed by atoms with van der Waals surface area (Å²) < 4.78 is 0. The lowest BCUT2D eigenvalue weighted by atomic mass is 10.0. The van der Waals surface area contributed by atoms with Gasteiger partial charge in [-0.15, -0.1) is 0 Å². The van der Waals surface area contributed by atoms with Crippen LogP contribution in [0.4, 0.5) is 0 Å². The number of aliphatic hydroxyl groups is 1. The third-order valence-corrected chi connectivity index (χ3v) is 3.21. The van der Waals surface area contributed by atoms with E-state index in [2.05, 4.69) is 47.4 Å². The lowest BCUT2D eigenvalue weighted by molar-refractivity contribution is -0.00263. The number of hydrogen-bond acceptors (Lipinski definition) is 2. The van der Waals surface area contributed by atoms with Crippen molar-refractivity contribution in [2.24, 2.45) is 0 Å². The molecule has 1 aliphatic rings. The van der Waals surface area contributed by atoms with Crippen LogP contribution in [-0.2, 0) is 6.54 Å². The molecule has 1 N–H and O–H groups in total. The van der Waals surface area contributed by atoms with E-state index >= 15 is 0 Å². The van der Waals surface area contributed by atoms with E-state index in [0.717, 1.165) is 19.6 Å². The fraction of sp³-hybridized carbons (Fsp3) is 0.286. The predicted molar refractivity (Wildman–Crippen MR) is 65.2 cm³/mol. The van der Waals surface area contributed by atoms with Crippen LogP contribution >= 0.6 is 0 Å². The number of rotatable bonds is 2. The van der Waals surface area contributed by atoms with Crippen molar-refractivity contribution in [3.05, 3.63) is 48.0 Å². The molecule has 16 heavy (non-hydrogen) atoms. The van der Waals surface area contributed by atoms with Crippen LogP contribution in [0.15, 0.2) is 42.5 Å². The second-order valence-corrected chi connectivity index (χ2v) is 4.49. The number of hydrogen-bond donors (Lipinski definition) is 1.